The maximum Gasteiger partial charge on any atom is 0.250 e. The Morgan fingerprint density at radius 2 is 1.69 bits per heavy atom. The van der Waals surface area contributed by atoms with Crippen LogP contribution in [0.3, 0.4) is 0 Å². The largest absolute Gasteiger partial charge is 0.494 e. The van der Waals surface area contributed by atoms with Crippen LogP contribution in [0.15, 0.2) is 72.8 Å². The molecule has 0 radical (unpaired) electrons. The van der Waals surface area contributed by atoms with Crippen molar-refractivity contribution in [3.05, 3.63) is 78.4 Å². The fourth-order valence-corrected chi connectivity index (χ4v) is 3.63. The molecule has 5 heteroatoms. The lowest BCUT2D eigenvalue weighted by atomic mass is 10.0. The second kappa shape index (κ2) is 12.6. The van der Waals surface area contributed by atoms with Gasteiger partial charge < -0.3 is 10.1 Å². The zero-order valence-corrected chi connectivity index (χ0v) is 19.3. The molecule has 4 nitrogen and oxygen atoms in total. The molecule has 0 heterocycles. The van der Waals surface area contributed by atoms with Gasteiger partial charge in [-0.05, 0) is 65.3 Å². The third-order valence-electron chi connectivity index (χ3n) is 5.10. The molecule has 0 fully saturated rings. The van der Waals surface area contributed by atoms with E-state index in [1.807, 2.05) is 54.6 Å². The standard InChI is InChI=1S/C27H30N2O2S/c1-2-3-4-5-8-20-31-24-17-15-23(16-18-24)28-27(32)29-26(30)19-14-22-12-9-11-21-10-6-7-13-25(21)22/h6-7,9-19H,2-5,8,20H2,1H3,(H2,28,29,30,32)/b19-14+. The summed E-state index contributed by atoms with van der Waals surface area (Å²) in [5.41, 5.74) is 1.78. The first-order valence-corrected chi connectivity index (χ1v) is 11.6. The molecule has 0 unspecified atom stereocenters. The molecule has 0 aromatic heterocycles. The first-order valence-electron chi connectivity index (χ1n) is 11.2. The molecular formula is C27H30N2O2S. The molecule has 3 aromatic carbocycles. The summed E-state index contributed by atoms with van der Waals surface area (Å²) in [6, 6.07) is 21.7. The molecule has 166 valence electrons. The molecule has 32 heavy (non-hydrogen) atoms. The number of thiocarbonyl (C=S) groups is 1. The Morgan fingerprint density at radius 3 is 2.50 bits per heavy atom. The van der Waals surface area contributed by atoms with E-state index in [4.69, 9.17) is 17.0 Å². The number of carbonyl (C=O) groups is 1. The van der Waals surface area contributed by atoms with Crippen LogP contribution in [0.1, 0.15) is 44.6 Å². The highest BCUT2D eigenvalue weighted by Gasteiger charge is 2.03. The molecule has 0 aliphatic carbocycles. The van der Waals surface area contributed by atoms with Crippen molar-refractivity contribution in [2.75, 3.05) is 11.9 Å². The lowest BCUT2D eigenvalue weighted by Gasteiger charge is -2.10. The highest BCUT2D eigenvalue weighted by Crippen LogP contribution is 2.19. The molecule has 3 aromatic rings. The predicted octanol–water partition coefficient (Wildman–Crippen LogP) is 6.72. The average Bonchev–Trinajstić information content (AvgIpc) is 2.81. The van der Waals surface area contributed by atoms with Gasteiger partial charge in [0.25, 0.3) is 0 Å². The van der Waals surface area contributed by atoms with Crippen molar-refractivity contribution in [3.8, 4) is 5.75 Å². The topological polar surface area (TPSA) is 50.4 Å². The van der Waals surface area contributed by atoms with Crippen molar-refractivity contribution >= 4 is 45.8 Å². The Morgan fingerprint density at radius 1 is 0.938 bits per heavy atom. The van der Waals surface area contributed by atoms with E-state index < -0.39 is 0 Å². The van der Waals surface area contributed by atoms with E-state index in [0.717, 1.165) is 40.8 Å². The number of ether oxygens (including phenoxy) is 1. The Kier molecular flexibility index (Phi) is 9.26. The number of anilines is 1. The molecule has 1 amide bonds. The molecule has 0 atom stereocenters. The highest BCUT2D eigenvalue weighted by atomic mass is 32.1. The van der Waals surface area contributed by atoms with Crippen molar-refractivity contribution in [2.24, 2.45) is 0 Å². The van der Waals surface area contributed by atoms with Gasteiger partial charge >= 0.3 is 0 Å². The van der Waals surface area contributed by atoms with Gasteiger partial charge in [-0.3, -0.25) is 10.1 Å². The van der Waals surface area contributed by atoms with Crippen LogP contribution in [0, 0.1) is 0 Å². The number of rotatable bonds is 10. The smallest absolute Gasteiger partial charge is 0.250 e. The van der Waals surface area contributed by atoms with Crippen molar-refractivity contribution in [1.29, 1.82) is 0 Å². The number of hydrogen-bond donors (Lipinski definition) is 2. The van der Waals surface area contributed by atoms with Gasteiger partial charge in [0.05, 0.1) is 6.61 Å². The summed E-state index contributed by atoms with van der Waals surface area (Å²) < 4.78 is 5.78. The monoisotopic (exact) mass is 446 g/mol. The minimum Gasteiger partial charge on any atom is -0.494 e. The van der Waals surface area contributed by atoms with Crippen molar-refractivity contribution in [2.45, 2.75) is 39.0 Å². The van der Waals surface area contributed by atoms with Crippen LogP contribution in [0.25, 0.3) is 16.8 Å². The number of fused-ring (bicyclic) bond motifs is 1. The van der Waals surface area contributed by atoms with E-state index in [2.05, 4.69) is 29.7 Å². The van der Waals surface area contributed by atoms with Gasteiger partial charge in [0.2, 0.25) is 5.91 Å². The van der Waals surface area contributed by atoms with Crippen LogP contribution in [0.5, 0.6) is 5.75 Å². The fraction of sp³-hybridized carbons (Fsp3) is 0.259. The summed E-state index contributed by atoms with van der Waals surface area (Å²) in [6.07, 6.45) is 9.37. The lowest BCUT2D eigenvalue weighted by molar-refractivity contribution is -0.115. The van der Waals surface area contributed by atoms with Crippen molar-refractivity contribution in [1.82, 2.24) is 5.32 Å². The number of nitrogens with one attached hydrogen (secondary N) is 2. The second-order valence-electron chi connectivity index (χ2n) is 7.63. The zero-order chi connectivity index (χ0) is 22.6. The Labute approximate surface area is 195 Å². The van der Waals surface area contributed by atoms with Gasteiger partial charge in [-0.2, -0.15) is 0 Å². The molecule has 0 aliphatic heterocycles. The number of carbonyl (C=O) groups excluding carboxylic acids is 1. The minimum absolute atomic E-state index is 0.252. The summed E-state index contributed by atoms with van der Waals surface area (Å²) in [5.74, 6) is 0.553. The minimum atomic E-state index is -0.279. The van der Waals surface area contributed by atoms with E-state index in [-0.39, 0.29) is 11.0 Å². The average molecular weight is 447 g/mol. The molecule has 0 aliphatic rings. The Hall–Kier alpha value is -3.18. The van der Waals surface area contributed by atoms with Gasteiger partial charge in [0.1, 0.15) is 5.75 Å². The summed E-state index contributed by atoms with van der Waals surface area (Å²) >= 11 is 5.27. The molecule has 0 saturated carbocycles. The zero-order valence-electron chi connectivity index (χ0n) is 18.5. The van der Waals surface area contributed by atoms with Gasteiger partial charge in [-0.1, -0.05) is 75.1 Å². The van der Waals surface area contributed by atoms with E-state index in [1.54, 1.807) is 6.08 Å². The Balaban J connectivity index is 1.44. The maximum atomic E-state index is 12.3. The normalized spacial score (nSPS) is 10.9. The van der Waals surface area contributed by atoms with Crippen LogP contribution >= 0.6 is 12.2 Å². The fourth-order valence-electron chi connectivity index (χ4n) is 3.41. The predicted molar refractivity (Wildman–Crippen MR) is 138 cm³/mol. The lowest BCUT2D eigenvalue weighted by Crippen LogP contribution is -2.32. The third-order valence-corrected chi connectivity index (χ3v) is 5.31. The number of amides is 1. The highest BCUT2D eigenvalue weighted by molar-refractivity contribution is 7.80. The van der Waals surface area contributed by atoms with E-state index in [0.29, 0.717) is 0 Å². The SMILES string of the molecule is CCCCCCCOc1ccc(NC(=S)NC(=O)/C=C/c2cccc3ccccc23)cc1. The maximum absolute atomic E-state index is 12.3. The van der Waals surface area contributed by atoms with Crippen LogP contribution in [-0.4, -0.2) is 17.6 Å². The van der Waals surface area contributed by atoms with Gasteiger partial charge in [0.15, 0.2) is 5.11 Å². The quantitative estimate of drug-likeness (QED) is 0.206. The third kappa shape index (κ3) is 7.50. The Bertz CT molecular complexity index is 1060. The summed E-state index contributed by atoms with van der Waals surface area (Å²) in [5, 5.41) is 8.20. The van der Waals surface area contributed by atoms with Crippen LogP contribution in [0.4, 0.5) is 5.69 Å². The van der Waals surface area contributed by atoms with Gasteiger partial charge in [-0.25, -0.2) is 0 Å². The summed E-state index contributed by atoms with van der Waals surface area (Å²) in [7, 11) is 0. The molecular weight excluding hydrogens is 416 g/mol. The number of benzene rings is 3. The first-order chi connectivity index (χ1) is 15.7. The van der Waals surface area contributed by atoms with Gasteiger partial charge in [0, 0.05) is 11.8 Å². The molecule has 0 spiro atoms. The molecule has 0 saturated heterocycles. The van der Waals surface area contributed by atoms with Crippen molar-refractivity contribution in [3.63, 3.8) is 0 Å². The van der Waals surface area contributed by atoms with E-state index in [1.165, 1.54) is 31.8 Å². The van der Waals surface area contributed by atoms with Gasteiger partial charge in [-0.15, -0.1) is 0 Å². The molecule has 3 rings (SSSR count). The molecule has 2 N–H and O–H groups in total. The van der Waals surface area contributed by atoms with E-state index in [9.17, 15) is 4.79 Å². The second-order valence-corrected chi connectivity index (χ2v) is 8.04. The van der Waals surface area contributed by atoms with Crippen LogP contribution < -0.4 is 15.4 Å². The summed E-state index contributed by atoms with van der Waals surface area (Å²) in [6.45, 7) is 2.94. The van der Waals surface area contributed by atoms with Crippen LogP contribution in [-0.2, 0) is 4.79 Å². The first kappa shape index (κ1) is 23.5. The van der Waals surface area contributed by atoms with E-state index >= 15 is 0 Å². The van der Waals surface area contributed by atoms with Crippen LogP contribution in [0.2, 0.25) is 0 Å². The number of hydrogen-bond acceptors (Lipinski definition) is 3. The molecule has 0 bridgehead atoms. The number of unbranched alkanes of at least 4 members (excludes halogenated alkanes) is 4. The summed E-state index contributed by atoms with van der Waals surface area (Å²) in [4.78, 5) is 12.3. The van der Waals surface area contributed by atoms with Crippen molar-refractivity contribution < 1.29 is 9.53 Å².